The zero-order chi connectivity index (χ0) is 50.4. The summed E-state index contributed by atoms with van der Waals surface area (Å²) in [7, 11) is 1.21. The van der Waals surface area contributed by atoms with E-state index in [1.165, 1.54) is 29.8 Å². The second kappa shape index (κ2) is 23.8. The molecule has 0 atom stereocenters. The van der Waals surface area contributed by atoms with Crippen molar-refractivity contribution in [3.05, 3.63) is 178 Å². The Morgan fingerprint density at radius 2 is 0.986 bits per heavy atom. The van der Waals surface area contributed by atoms with Crippen LogP contribution in [0, 0.1) is 0 Å². The maximum atomic E-state index is 12.9. The van der Waals surface area contributed by atoms with Gasteiger partial charge >= 0.3 is 12.4 Å². The number of halogens is 6. The first-order chi connectivity index (χ1) is 33.3. The van der Waals surface area contributed by atoms with Crippen LogP contribution < -0.4 is 9.47 Å². The first-order valence-electron chi connectivity index (χ1n) is 23.6. The van der Waals surface area contributed by atoms with Crippen molar-refractivity contribution >= 4 is 30.3 Å². The lowest BCUT2D eigenvalue weighted by atomic mass is 10.0. The van der Waals surface area contributed by atoms with E-state index >= 15 is 0 Å². The molecule has 0 fully saturated rings. The summed E-state index contributed by atoms with van der Waals surface area (Å²) in [5.41, 5.74) is 9.86. The number of aromatic nitrogens is 6. The van der Waals surface area contributed by atoms with Gasteiger partial charge in [0, 0.05) is 70.9 Å². The molecule has 0 aliphatic heterocycles. The molecule has 2 aromatic carbocycles. The molecule has 0 bridgehead atoms. The average molecular weight is 1010 g/mol. The summed E-state index contributed by atoms with van der Waals surface area (Å²) in [6.45, 7) is 14.1. The maximum absolute atomic E-state index is 12.9. The van der Waals surface area contributed by atoms with Crippen molar-refractivity contribution in [3.63, 3.8) is 0 Å². The number of nitrogens with zero attached hydrogens (tertiary/aromatic N) is 5. The summed E-state index contributed by atoms with van der Waals surface area (Å²) in [6.07, 6.45) is 3.00. The maximum Gasteiger partial charge on any atom is 0.416 e. The van der Waals surface area contributed by atoms with Crippen LogP contribution in [0.4, 0.5) is 26.3 Å². The first kappa shape index (κ1) is 56.4. The number of alkyl halides is 6. The molecule has 15 heteroatoms. The Bertz CT molecular complexity index is 2980. The highest BCUT2D eigenvalue weighted by Gasteiger charge is 2.46. The van der Waals surface area contributed by atoms with Crippen LogP contribution in [-0.2, 0) is 50.9 Å². The normalized spacial score (nSPS) is 12.0. The van der Waals surface area contributed by atoms with Crippen LogP contribution in [0.5, 0.6) is 11.8 Å². The molecule has 0 radical (unpaired) electrons. The van der Waals surface area contributed by atoms with Crippen molar-refractivity contribution < 1.29 is 35.8 Å². The van der Waals surface area contributed by atoms with E-state index in [0.29, 0.717) is 66.9 Å². The van der Waals surface area contributed by atoms with Crippen LogP contribution in [0.1, 0.15) is 112 Å². The largest absolute Gasteiger partial charge is 0.481 e. The number of hydrogen-bond donors (Lipinski definition) is 1. The third-order valence-corrected chi connectivity index (χ3v) is 20.1. The highest BCUT2D eigenvalue weighted by molar-refractivity contribution is 6.82. The Balaban J connectivity index is 0.000000270. The number of benzene rings is 2. The number of pyridine rings is 4. The van der Waals surface area contributed by atoms with E-state index in [1.54, 1.807) is 20.4 Å². The molecular weight excluding hydrogens is 943 g/mol. The number of rotatable bonds is 16. The number of aryl methyl sites for hydroxylation is 4. The SMILES string of the molecule is C.C.COc1nc(CCc2ccc(C(F)(F)F)cc2)ccc1Cc1c[nH]c2ncccc12.COc1nc(CCc2ccc(C(F)(F)F)cc2)ccc1Cc1cn([Si](C(C)C)(C(C)C)C(C)C)c2ncccc12. The fraction of sp³-hybridized carbons (Fsp3) is 0.368. The van der Waals surface area contributed by atoms with Crippen LogP contribution in [0.2, 0.25) is 16.6 Å². The van der Waals surface area contributed by atoms with Crippen molar-refractivity contribution in [3.8, 4) is 11.8 Å². The topological polar surface area (TPSA) is 90.7 Å². The van der Waals surface area contributed by atoms with Gasteiger partial charge in [-0.2, -0.15) is 26.3 Å². The molecule has 6 aromatic heterocycles. The van der Waals surface area contributed by atoms with Gasteiger partial charge in [-0.1, -0.05) is 92.8 Å². The number of aromatic amines is 1. The monoisotopic (exact) mass is 1010 g/mol. The summed E-state index contributed by atoms with van der Waals surface area (Å²) < 4.78 is 90.4. The van der Waals surface area contributed by atoms with E-state index < -0.39 is 31.7 Å². The van der Waals surface area contributed by atoms with Gasteiger partial charge in [0.05, 0.1) is 25.3 Å². The minimum atomic E-state index is -4.33. The highest BCUT2D eigenvalue weighted by Crippen LogP contribution is 2.45. The van der Waals surface area contributed by atoms with Crippen molar-refractivity contribution in [2.24, 2.45) is 0 Å². The van der Waals surface area contributed by atoms with Gasteiger partial charge in [-0.15, -0.1) is 0 Å². The van der Waals surface area contributed by atoms with Gasteiger partial charge < -0.3 is 18.7 Å². The van der Waals surface area contributed by atoms with Crippen molar-refractivity contribution in [2.75, 3.05) is 14.2 Å². The number of hydrogen-bond acceptors (Lipinski definition) is 6. The van der Waals surface area contributed by atoms with E-state index in [2.05, 4.69) is 79.1 Å². The van der Waals surface area contributed by atoms with Gasteiger partial charge in [-0.25, -0.2) is 19.9 Å². The zero-order valence-corrected chi connectivity index (χ0v) is 41.8. The summed E-state index contributed by atoms with van der Waals surface area (Å²) in [6, 6.07) is 26.7. The highest BCUT2D eigenvalue weighted by atomic mass is 28.3. The minimum absolute atomic E-state index is 0. The number of H-pyrrole nitrogens is 1. The first-order valence-corrected chi connectivity index (χ1v) is 25.8. The van der Waals surface area contributed by atoms with E-state index in [1.807, 2.05) is 48.8 Å². The van der Waals surface area contributed by atoms with E-state index in [9.17, 15) is 26.3 Å². The quantitative estimate of drug-likeness (QED) is 0.0766. The molecule has 0 aliphatic carbocycles. The Labute approximate surface area is 421 Å². The Kier molecular flexibility index (Phi) is 18.7. The molecule has 384 valence electrons. The molecule has 72 heavy (non-hydrogen) atoms. The molecular formula is C57H68F6N6O2Si. The Morgan fingerprint density at radius 1 is 0.542 bits per heavy atom. The lowest BCUT2D eigenvalue weighted by molar-refractivity contribution is -0.138. The van der Waals surface area contributed by atoms with Crippen molar-refractivity contribution in [2.45, 2.75) is 124 Å². The standard InChI is InChI=1S/C32H40F3N3OSi.C23H20F3N3O.2CH4/c1-21(2)40(22(3)4,23(5)6)38-20-26(29-9-8-18-36-30(29)38)19-25-13-17-28(37-31(25)39-7)16-12-24-10-14-27(15-11-24)32(33,34)35;1-30-22-16(13-17-14-28-21-20(17)3-2-12-27-21)7-11-19(29-22)10-6-15-4-8-18(9-5-15)23(24,25)26;;/h8-11,13-15,17-18,20-23H,12,16,19H2,1-7H3;2-5,7-9,11-12,14H,6,10,13H2,1H3,(H,27,28);2*1H4. The molecule has 0 saturated heterocycles. The number of nitrogens with one attached hydrogen (secondary N) is 1. The molecule has 8 nitrogen and oxygen atoms in total. The van der Waals surface area contributed by atoms with Crippen molar-refractivity contribution in [1.29, 1.82) is 0 Å². The van der Waals surface area contributed by atoms with Crippen LogP contribution in [0.25, 0.3) is 22.1 Å². The lowest BCUT2D eigenvalue weighted by Gasteiger charge is -2.44. The molecule has 8 rings (SSSR count). The number of ether oxygens (including phenoxy) is 2. The van der Waals surface area contributed by atoms with Gasteiger partial charge in [0.2, 0.25) is 11.8 Å². The number of methoxy groups -OCH3 is 2. The lowest BCUT2D eigenvalue weighted by Crippen LogP contribution is -2.51. The van der Waals surface area contributed by atoms with E-state index in [0.717, 1.165) is 85.5 Å². The Morgan fingerprint density at radius 3 is 1.43 bits per heavy atom. The summed E-state index contributed by atoms with van der Waals surface area (Å²) in [5.74, 6) is 1.13. The Hall–Kier alpha value is -6.48. The van der Waals surface area contributed by atoms with Crippen LogP contribution in [-0.4, -0.2) is 51.6 Å². The fourth-order valence-electron chi connectivity index (χ4n) is 10.1. The smallest absolute Gasteiger partial charge is 0.416 e. The van der Waals surface area contributed by atoms with Crippen LogP contribution in [0.3, 0.4) is 0 Å². The molecule has 8 aromatic rings. The summed E-state index contributed by atoms with van der Waals surface area (Å²) >= 11 is 0. The van der Waals surface area contributed by atoms with Gasteiger partial charge in [0.15, 0.2) is 8.24 Å². The average Bonchev–Trinajstić information content (AvgIpc) is 3.91. The number of fused-ring (bicyclic) bond motifs is 2. The third kappa shape index (κ3) is 12.6. The minimum Gasteiger partial charge on any atom is -0.481 e. The van der Waals surface area contributed by atoms with E-state index in [-0.39, 0.29) is 14.9 Å². The molecule has 0 spiro atoms. The van der Waals surface area contributed by atoms with Gasteiger partial charge in [-0.05, 0) is 125 Å². The second-order valence-electron chi connectivity index (χ2n) is 18.6. The van der Waals surface area contributed by atoms with Crippen molar-refractivity contribution in [1.82, 2.24) is 29.2 Å². The van der Waals surface area contributed by atoms with Crippen LogP contribution in [0.15, 0.2) is 122 Å². The van der Waals surface area contributed by atoms with Gasteiger partial charge in [-0.3, -0.25) is 0 Å². The van der Waals surface area contributed by atoms with Crippen LogP contribution >= 0.6 is 0 Å². The fourth-order valence-corrected chi connectivity index (χ4v) is 16.7. The molecule has 0 aliphatic rings. The second-order valence-corrected chi connectivity index (χ2v) is 24.4. The van der Waals surface area contributed by atoms with Gasteiger partial charge in [0.25, 0.3) is 0 Å². The third-order valence-electron chi connectivity index (χ3n) is 13.4. The van der Waals surface area contributed by atoms with Gasteiger partial charge in [0.1, 0.15) is 11.3 Å². The molecule has 0 saturated carbocycles. The van der Waals surface area contributed by atoms with E-state index in [4.69, 9.17) is 19.4 Å². The molecule has 1 N–H and O–H groups in total. The summed E-state index contributed by atoms with van der Waals surface area (Å²) in [5, 5.41) is 2.22. The predicted molar refractivity (Wildman–Crippen MR) is 281 cm³/mol. The molecule has 0 amide bonds. The summed E-state index contributed by atoms with van der Waals surface area (Å²) in [4.78, 5) is 21.7. The molecule has 0 unspecified atom stereocenters. The zero-order valence-electron chi connectivity index (χ0n) is 40.8. The predicted octanol–water partition coefficient (Wildman–Crippen LogP) is 15.5. The molecule has 6 heterocycles.